The first-order chi connectivity index (χ1) is 32.4. The monoisotopic (exact) mass is 966 g/mol. The quantitative estimate of drug-likeness (QED) is 0.0376. The molecule has 0 aromatic carbocycles. The van der Waals surface area contributed by atoms with Gasteiger partial charge in [-0.05, 0) is 58.5 Å². The van der Waals surface area contributed by atoms with Gasteiger partial charge in [0.25, 0.3) is 0 Å². The summed E-state index contributed by atoms with van der Waals surface area (Å²) in [4.78, 5) is 25.2. The second-order valence-electron chi connectivity index (χ2n) is 14.5. The van der Waals surface area contributed by atoms with Gasteiger partial charge in [-0.25, -0.2) is 4.79 Å². The van der Waals surface area contributed by atoms with E-state index in [1.165, 1.54) is 0 Å². The largest absolute Gasteiger partial charge is 0.400 e. The van der Waals surface area contributed by atoms with E-state index >= 15 is 0 Å². The SMILES string of the molecule is CC(=O)CCOCCOCCOCCOCCOCCOCCOCCOCCOCCOCCOCCOCCNC(=O)NCCN(CCCCC(O)CO)CCCCC(O)CO.CO. The summed E-state index contributed by atoms with van der Waals surface area (Å²) in [5.74, 6) is 0.118. The molecule has 0 saturated carbocycles. The van der Waals surface area contributed by atoms with Gasteiger partial charge in [0.1, 0.15) is 5.78 Å². The van der Waals surface area contributed by atoms with Crippen LogP contribution in [0.3, 0.4) is 0 Å². The normalized spacial score (nSPS) is 12.3. The molecular formula is C44H91N3O19. The van der Waals surface area contributed by atoms with Gasteiger partial charge < -0.3 is 97.9 Å². The number of carbonyl (C=O) groups excluding carboxylic acids is 2. The number of nitrogens with zero attached hydrogens (tertiary/aromatic N) is 1. The lowest BCUT2D eigenvalue weighted by atomic mass is 10.1. The molecule has 0 radical (unpaired) electrons. The Morgan fingerprint density at radius 3 is 0.970 bits per heavy atom. The van der Waals surface area contributed by atoms with Crippen molar-refractivity contribution < 1.29 is 92.0 Å². The lowest BCUT2D eigenvalue weighted by molar-refractivity contribution is -0.118. The molecule has 2 unspecified atom stereocenters. The van der Waals surface area contributed by atoms with E-state index < -0.39 is 12.2 Å². The molecule has 0 heterocycles. The van der Waals surface area contributed by atoms with Gasteiger partial charge in [-0.2, -0.15) is 0 Å². The summed E-state index contributed by atoms with van der Waals surface area (Å²) in [5, 5.41) is 49.7. The van der Waals surface area contributed by atoms with Gasteiger partial charge in [-0.1, -0.05) is 0 Å². The molecule has 22 heteroatoms. The van der Waals surface area contributed by atoms with Gasteiger partial charge in [0.15, 0.2) is 0 Å². The molecule has 0 aliphatic rings. The standard InChI is InChI=1S/C43H87N3O18.CH4O/c1-40(49)8-14-53-16-18-55-20-22-57-24-26-59-28-30-61-32-34-63-36-37-64-35-33-62-31-29-60-27-25-58-23-21-56-19-17-54-15-10-45-43(52)44-9-13-46(11-4-2-6-41(50)38-47)12-5-3-7-42(51)39-48;1-2/h41-42,47-48,50-51H,2-39H2,1H3,(H2,44,45,52);2H,1H3. The van der Waals surface area contributed by atoms with E-state index in [1.807, 2.05) is 0 Å². The van der Waals surface area contributed by atoms with Crippen molar-refractivity contribution >= 4 is 11.8 Å². The predicted octanol–water partition coefficient (Wildman–Crippen LogP) is -0.579. The van der Waals surface area contributed by atoms with Crippen LogP contribution in [0.5, 0.6) is 0 Å². The molecule has 0 aliphatic carbocycles. The molecule has 0 spiro atoms. The zero-order chi connectivity index (χ0) is 48.7. The molecule has 0 bridgehead atoms. The Hall–Kier alpha value is -1.78. The van der Waals surface area contributed by atoms with Crippen molar-refractivity contribution in [2.75, 3.05) is 212 Å². The number of aliphatic hydroxyl groups excluding tert-OH is 5. The number of amides is 2. The number of ether oxygens (including phenoxy) is 12. The number of carbonyl (C=O) groups is 2. The lowest BCUT2D eigenvalue weighted by Crippen LogP contribution is -2.42. The first-order valence-corrected chi connectivity index (χ1v) is 23.6. The Kier molecular flexibility index (Phi) is 57.8. The highest BCUT2D eigenvalue weighted by Crippen LogP contribution is 2.06. The fourth-order valence-electron chi connectivity index (χ4n) is 5.31. The number of hydrogen-bond donors (Lipinski definition) is 7. The second kappa shape index (κ2) is 57.5. The van der Waals surface area contributed by atoms with Crippen molar-refractivity contribution in [3.05, 3.63) is 0 Å². The number of aliphatic hydroxyl groups is 5. The Bertz CT molecular complexity index is 951. The topological polar surface area (TPSA) is 273 Å². The predicted molar refractivity (Wildman–Crippen MR) is 245 cm³/mol. The van der Waals surface area contributed by atoms with Crippen molar-refractivity contribution in [3.63, 3.8) is 0 Å². The number of Topliss-reactive ketones (excluding diaryl/α,β-unsaturated/α-hetero) is 1. The van der Waals surface area contributed by atoms with Gasteiger partial charge in [0.05, 0.1) is 184 Å². The van der Waals surface area contributed by atoms with Crippen LogP contribution in [0.1, 0.15) is 51.9 Å². The van der Waals surface area contributed by atoms with Crippen LogP contribution < -0.4 is 10.6 Å². The van der Waals surface area contributed by atoms with Crippen molar-refractivity contribution in [2.24, 2.45) is 0 Å². The minimum absolute atomic E-state index is 0.118. The van der Waals surface area contributed by atoms with Crippen LogP contribution in [0.4, 0.5) is 4.79 Å². The molecule has 0 fully saturated rings. The van der Waals surface area contributed by atoms with Gasteiger partial charge in [-0.3, -0.25) is 4.79 Å². The lowest BCUT2D eigenvalue weighted by Gasteiger charge is -2.23. The summed E-state index contributed by atoms with van der Waals surface area (Å²) in [7, 11) is 1.00. The highest BCUT2D eigenvalue weighted by atomic mass is 16.6. The molecule has 0 rings (SSSR count). The van der Waals surface area contributed by atoms with E-state index in [0.29, 0.717) is 197 Å². The maximum absolute atomic E-state index is 12.2. The van der Waals surface area contributed by atoms with Gasteiger partial charge in [-0.15, -0.1) is 0 Å². The summed E-state index contributed by atoms with van der Waals surface area (Å²) >= 11 is 0. The second-order valence-corrected chi connectivity index (χ2v) is 14.5. The molecule has 66 heavy (non-hydrogen) atoms. The Labute approximate surface area is 394 Å². The van der Waals surface area contributed by atoms with E-state index in [0.717, 1.165) is 45.9 Å². The average molecular weight is 966 g/mol. The number of unbranched alkanes of at least 4 members (excludes halogenated alkanes) is 2. The molecular weight excluding hydrogens is 874 g/mol. The number of hydrogen-bond acceptors (Lipinski definition) is 20. The van der Waals surface area contributed by atoms with Crippen LogP contribution in [-0.4, -0.2) is 266 Å². The van der Waals surface area contributed by atoms with Gasteiger partial charge in [0.2, 0.25) is 0 Å². The van der Waals surface area contributed by atoms with Crippen LogP contribution in [-0.2, 0) is 61.6 Å². The molecule has 0 saturated heterocycles. The highest BCUT2D eigenvalue weighted by Gasteiger charge is 2.09. The highest BCUT2D eigenvalue weighted by molar-refractivity contribution is 5.75. The van der Waals surface area contributed by atoms with Crippen molar-refractivity contribution in [1.82, 2.24) is 15.5 Å². The summed E-state index contributed by atoms with van der Waals surface area (Å²) in [5.41, 5.74) is 0. The van der Waals surface area contributed by atoms with Crippen LogP contribution in [0, 0.1) is 0 Å². The van der Waals surface area contributed by atoms with Crippen LogP contribution in [0.15, 0.2) is 0 Å². The molecule has 0 aromatic rings. The third-order valence-corrected chi connectivity index (χ3v) is 8.88. The molecule has 2 atom stereocenters. The Balaban J connectivity index is 0. The zero-order valence-corrected chi connectivity index (χ0v) is 40.4. The molecule has 0 aromatic heterocycles. The van der Waals surface area contributed by atoms with Crippen LogP contribution in [0.2, 0.25) is 0 Å². The van der Waals surface area contributed by atoms with Crippen molar-refractivity contribution in [3.8, 4) is 0 Å². The molecule has 396 valence electrons. The van der Waals surface area contributed by atoms with Crippen LogP contribution in [0.25, 0.3) is 0 Å². The summed E-state index contributed by atoms with van der Waals surface area (Å²) < 4.78 is 65.5. The third-order valence-electron chi connectivity index (χ3n) is 8.88. The van der Waals surface area contributed by atoms with E-state index in [9.17, 15) is 19.8 Å². The summed E-state index contributed by atoms with van der Waals surface area (Å²) in [6.45, 7) is 15.2. The van der Waals surface area contributed by atoms with Gasteiger partial charge in [0, 0.05) is 33.2 Å². The zero-order valence-electron chi connectivity index (χ0n) is 40.4. The number of ketones is 1. The number of urea groups is 1. The summed E-state index contributed by atoms with van der Waals surface area (Å²) in [6, 6.07) is -0.270. The fourth-order valence-corrected chi connectivity index (χ4v) is 5.31. The number of rotatable bonds is 54. The minimum Gasteiger partial charge on any atom is -0.400 e. The first kappa shape index (κ1) is 66.3. The minimum atomic E-state index is -0.693. The summed E-state index contributed by atoms with van der Waals surface area (Å²) in [6.07, 6.45) is 3.44. The smallest absolute Gasteiger partial charge is 0.314 e. The van der Waals surface area contributed by atoms with E-state index in [-0.39, 0.29) is 25.0 Å². The van der Waals surface area contributed by atoms with E-state index in [4.69, 9.17) is 72.2 Å². The maximum atomic E-state index is 12.2. The first-order valence-electron chi connectivity index (χ1n) is 23.6. The third kappa shape index (κ3) is 56.5. The van der Waals surface area contributed by atoms with Gasteiger partial charge >= 0.3 is 6.03 Å². The molecule has 0 aliphatic heterocycles. The molecule has 2 amide bonds. The average Bonchev–Trinajstić information content (AvgIpc) is 3.32. The fraction of sp³-hybridized carbons (Fsp3) is 0.955. The molecule has 22 nitrogen and oxygen atoms in total. The van der Waals surface area contributed by atoms with Crippen molar-refractivity contribution in [2.45, 2.75) is 64.1 Å². The molecule has 7 N–H and O–H groups in total. The number of nitrogens with one attached hydrogen (secondary N) is 2. The van der Waals surface area contributed by atoms with Crippen molar-refractivity contribution in [1.29, 1.82) is 0 Å². The Morgan fingerprint density at radius 1 is 0.409 bits per heavy atom. The Morgan fingerprint density at radius 2 is 0.682 bits per heavy atom. The van der Waals surface area contributed by atoms with Crippen LogP contribution >= 0.6 is 0 Å². The van der Waals surface area contributed by atoms with E-state index in [2.05, 4.69) is 15.5 Å². The maximum Gasteiger partial charge on any atom is 0.314 e. The van der Waals surface area contributed by atoms with E-state index in [1.54, 1.807) is 6.92 Å².